The number of halogens is 1. The first-order valence-corrected chi connectivity index (χ1v) is 22.7. The Morgan fingerprint density at radius 2 is 1.69 bits per heavy atom. The third-order valence-electron chi connectivity index (χ3n) is 13.3. The molecule has 2 atom stereocenters. The predicted molar refractivity (Wildman–Crippen MR) is 243 cm³/mol. The van der Waals surface area contributed by atoms with E-state index in [0.717, 1.165) is 79.9 Å². The summed E-state index contributed by atoms with van der Waals surface area (Å²) in [6.45, 7) is 9.66. The van der Waals surface area contributed by atoms with Gasteiger partial charge in [0.1, 0.15) is 11.1 Å². The summed E-state index contributed by atoms with van der Waals surface area (Å²) in [5, 5.41) is 9.18. The molecule has 0 radical (unpaired) electrons. The lowest BCUT2D eigenvalue weighted by Crippen LogP contribution is -2.60. The summed E-state index contributed by atoms with van der Waals surface area (Å²) < 4.78 is 13.9. The van der Waals surface area contributed by atoms with E-state index in [1.54, 1.807) is 29.0 Å². The molecule has 4 aliphatic heterocycles. The molecule has 0 bridgehead atoms. The van der Waals surface area contributed by atoms with E-state index < -0.39 is 29.7 Å². The summed E-state index contributed by atoms with van der Waals surface area (Å²) in [6, 6.07) is 12.1. The van der Waals surface area contributed by atoms with E-state index in [0.29, 0.717) is 34.1 Å². The van der Waals surface area contributed by atoms with Crippen LogP contribution < -0.4 is 36.0 Å². The van der Waals surface area contributed by atoms with Crippen molar-refractivity contribution in [3.8, 4) is 5.75 Å². The number of nitrogens with zero attached hydrogens (tertiary/aromatic N) is 7. The summed E-state index contributed by atoms with van der Waals surface area (Å²) in [7, 11) is 1.51. The monoisotopic (exact) mass is 908 g/mol. The minimum absolute atomic E-state index is 0.0816. The molecule has 4 aromatic rings. The van der Waals surface area contributed by atoms with Crippen molar-refractivity contribution in [3.05, 3.63) is 75.2 Å². The Morgan fingerprint density at radius 3 is 2.42 bits per heavy atom. The van der Waals surface area contributed by atoms with Crippen LogP contribution in [0.15, 0.2) is 53.5 Å². The molecular formula is C46H53ClN10O8. The maximum absolute atomic E-state index is 13.4. The summed E-state index contributed by atoms with van der Waals surface area (Å²) >= 11 is 6.60. The minimum atomic E-state index is -0.988. The van der Waals surface area contributed by atoms with E-state index in [-0.39, 0.29) is 66.5 Å². The Morgan fingerprint density at radius 1 is 0.923 bits per heavy atom. The number of aromatic nitrogens is 3. The fourth-order valence-electron chi connectivity index (χ4n) is 9.75. The minimum Gasteiger partial charge on any atom is -0.478 e. The molecule has 9 rings (SSSR count). The van der Waals surface area contributed by atoms with Crippen LogP contribution in [-0.2, 0) is 19.1 Å². The molecule has 18 nitrogen and oxygen atoms in total. The molecule has 5 amide bonds. The lowest BCUT2D eigenvalue weighted by Gasteiger charge is -2.50. The normalized spacial score (nSPS) is 22.9. The number of rotatable bonds is 12. The fourth-order valence-corrected chi connectivity index (χ4v) is 9.89. The Labute approximate surface area is 380 Å². The number of imide groups is 2. The van der Waals surface area contributed by atoms with Gasteiger partial charge in [-0.15, -0.1) is 0 Å². The average Bonchev–Trinajstić information content (AvgIpc) is 3.52. The van der Waals surface area contributed by atoms with Crippen molar-refractivity contribution in [1.82, 2.24) is 35.0 Å². The molecule has 6 heterocycles. The van der Waals surface area contributed by atoms with E-state index in [4.69, 9.17) is 26.1 Å². The molecule has 1 aliphatic carbocycles. The molecule has 2 aromatic heterocycles. The number of piperazine rings is 1. The average molecular weight is 909 g/mol. The molecule has 2 aromatic carbocycles. The van der Waals surface area contributed by atoms with Gasteiger partial charge in [0, 0.05) is 81.1 Å². The maximum atomic E-state index is 13.4. The quantitative estimate of drug-likeness (QED) is 0.172. The molecule has 3 saturated heterocycles. The zero-order valence-electron chi connectivity index (χ0n) is 36.8. The topological polar surface area (TPSA) is 201 Å². The largest absolute Gasteiger partial charge is 0.478 e. The zero-order valence-corrected chi connectivity index (χ0v) is 37.6. The summed E-state index contributed by atoms with van der Waals surface area (Å²) in [5.74, 6) is -1.24. The van der Waals surface area contributed by atoms with Gasteiger partial charge in [-0.2, -0.15) is 4.98 Å². The second kappa shape index (κ2) is 18.0. The molecule has 19 heteroatoms. The lowest BCUT2D eigenvalue weighted by atomic mass is 9.86. The number of amides is 5. The van der Waals surface area contributed by atoms with Gasteiger partial charge < -0.3 is 34.5 Å². The third kappa shape index (κ3) is 8.73. The van der Waals surface area contributed by atoms with Crippen LogP contribution in [0.25, 0.3) is 10.9 Å². The van der Waals surface area contributed by atoms with Gasteiger partial charge in [-0.1, -0.05) is 11.6 Å². The summed E-state index contributed by atoms with van der Waals surface area (Å²) in [6.07, 6.45) is 5.78. The van der Waals surface area contributed by atoms with Gasteiger partial charge in [-0.3, -0.25) is 43.9 Å². The molecular weight excluding hydrogens is 856 g/mol. The van der Waals surface area contributed by atoms with E-state index in [9.17, 15) is 28.8 Å². The Hall–Kier alpha value is -6.11. The SMILES string of the molecule is CNC(=O)COc1cc2cc(Nc3nc(N4CCC(OC5CC(N6CCN(c7ccc8c(c7)C(=O)N([C@@H]7CCC(=O)NC7=O)C8=O)C[C@H]6C)C5)CC4)ncc3Cl)ccc2n(C(C)C)c1=O. The van der Waals surface area contributed by atoms with Crippen molar-refractivity contribution >= 4 is 75.2 Å². The molecule has 4 fully saturated rings. The number of fused-ring (bicyclic) bond motifs is 2. The maximum Gasteiger partial charge on any atom is 0.293 e. The first-order chi connectivity index (χ1) is 31.3. The molecule has 342 valence electrons. The van der Waals surface area contributed by atoms with E-state index in [2.05, 4.69) is 42.6 Å². The molecule has 65 heavy (non-hydrogen) atoms. The fraction of sp³-hybridized carbons (Fsp3) is 0.478. The standard InChI is InChI=1S/C46H53ClN10O8/c1-25(2)56-36-8-5-28(17-27(36)18-38(45(56)63)64-24-40(59)48-4)50-41-35(47)22-49-46(52-41)53-13-11-31(12-14-53)65-32-19-30(20-32)55-16-15-54(23-26(55)3)29-6-7-33-34(21-29)44(62)57(43(33)61)37-9-10-39(58)51-42(37)60/h5-8,17-18,21-22,25-26,30-32,37H,9-16,19-20,23-24H2,1-4H3,(H,48,59)(H,49,50,52)(H,51,58,60)/t26-,30?,32?,37-/m1/s1. The third-order valence-corrected chi connectivity index (χ3v) is 13.5. The highest BCUT2D eigenvalue weighted by molar-refractivity contribution is 6.33. The molecule has 5 aliphatic rings. The lowest BCUT2D eigenvalue weighted by molar-refractivity contribution is -0.136. The summed E-state index contributed by atoms with van der Waals surface area (Å²) in [5.41, 5.74) is 2.56. The first kappa shape index (κ1) is 44.1. The Kier molecular flexibility index (Phi) is 12.2. The van der Waals surface area contributed by atoms with Gasteiger partial charge in [-0.25, -0.2) is 4.98 Å². The van der Waals surface area contributed by atoms with Gasteiger partial charge in [0.25, 0.3) is 23.3 Å². The van der Waals surface area contributed by atoms with Crippen LogP contribution in [0.1, 0.15) is 86.1 Å². The van der Waals surface area contributed by atoms with Gasteiger partial charge in [0.2, 0.25) is 17.8 Å². The smallest absolute Gasteiger partial charge is 0.293 e. The predicted octanol–water partition coefficient (Wildman–Crippen LogP) is 4.02. The number of likely N-dealkylation sites (N-methyl/N-ethyl adjacent to an activating group) is 1. The van der Waals surface area contributed by atoms with Gasteiger partial charge in [-0.05, 0) is 95.3 Å². The van der Waals surface area contributed by atoms with Crippen LogP contribution in [0.4, 0.5) is 23.1 Å². The van der Waals surface area contributed by atoms with Crippen LogP contribution in [-0.4, -0.2) is 131 Å². The molecule has 3 N–H and O–H groups in total. The van der Waals surface area contributed by atoms with Crippen LogP contribution in [0.3, 0.4) is 0 Å². The number of anilines is 4. The first-order valence-electron chi connectivity index (χ1n) is 22.3. The van der Waals surface area contributed by atoms with Crippen LogP contribution >= 0.6 is 11.6 Å². The number of nitrogens with one attached hydrogen (secondary N) is 3. The number of hydrogen-bond acceptors (Lipinski definition) is 14. The van der Waals surface area contributed by atoms with Crippen molar-refractivity contribution in [2.45, 2.75) is 95.7 Å². The second-order valence-corrected chi connectivity index (χ2v) is 18.2. The highest BCUT2D eigenvalue weighted by Gasteiger charge is 2.45. The number of carbonyl (C=O) groups is 5. The molecule has 1 saturated carbocycles. The number of benzene rings is 2. The van der Waals surface area contributed by atoms with Crippen LogP contribution in [0.2, 0.25) is 5.02 Å². The number of hydrogen-bond donors (Lipinski definition) is 3. The second-order valence-electron chi connectivity index (χ2n) is 17.8. The van der Waals surface area contributed by atoms with Gasteiger partial charge in [0.15, 0.2) is 18.2 Å². The van der Waals surface area contributed by atoms with Gasteiger partial charge >= 0.3 is 0 Å². The summed E-state index contributed by atoms with van der Waals surface area (Å²) in [4.78, 5) is 93.2. The molecule has 0 unspecified atom stereocenters. The van der Waals surface area contributed by atoms with E-state index in [1.807, 2.05) is 38.1 Å². The van der Waals surface area contributed by atoms with Crippen LogP contribution in [0, 0.1) is 0 Å². The highest BCUT2D eigenvalue weighted by atomic mass is 35.5. The van der Waals surface area contributed by atoms with Gasteiger partial charge in [0.05, 0.1) is 35.0 Å². The van der Waals surface area contributed by atoms with Crippen molar-refractivity contribution in [2.24, 2.45) is 0 Å². The Bertz CT molecular complexity index is 2630. The highest BCUT2D eigenvalue weighted by Crippen LogP contribution is 2.36. The van der Waals surface area contributed by atoms with Crippen molar-refractivity contribution in [3.63, 3.8) is 0 Å². The molecule has 0 spiro atoms. The Balaban J connectivity index is 0.756. The van der Waals surface area contributed by atoms with Crippen molar-refractivity contribution < 1.29 is 33.4 Å². The number of ether oxygens (including phenoxy) is 2. The van der Waals surface area contributed by atoms with E-state index >= 15 is 0 Å². The number of carbonyl (C=O) groups excluding carboxylic acids is 5. The zero-order chi connectivity index (χ0) is 45.7. The van der Waals surface area contributed by atoms with Crippen molar-refractivity contribution in [2.75, 3.05) is 61.5 Å². The van der Waals surface area contributed by atoms with Crippen molar-refractivity contribution in [1.29, 1.82) is 0 Å². The number of piperidine rings is 2. The van der Waals surface area contributed by atoms with Crippen LogP contribution in [0.5, 0.6) is 5.75 Å². The number of pyridine rings is 1. The van der Waals surface area contributed by atoms with E-state index in [1.165, 1.54) is 7.05 Å².